The van der Waals surface area contributed by atoms with Crippen molar-refractivity contribution < 1.29 is 4.74 Å². The summed E-state index contributed by atoms with van der Waals surface area (Å²) in [6.45, 7) is 5.14. The second kappa shape index (κ2) is 5.44. The molecule has 5 heteroatoms. The first kappa shape index (κ1) is 13.0. The fraction of sp³-hybridized carbons (Fsp3) is 0.286. The van der Waals surface area contributed by atoms with Crippen LogP contribution in [0, 0.1) is 18.3 Å². The van der Waals surface area contributed by atoms with E-state index in [9.17, 15) is 0 Å². The molecule has 2 N–H and O–H groups in total. The zero-order valence-electron chi connectivity index (χ0n) is 11.1. The molecule has 98 valence electrons. The van der Waals surface area contributed by atoms with E-state index in [1.807, 2.05) is 24.6 Å². The third-order valence-corrected chi connectivity index (χ3v) is 2.78. The van der Waals surface area contributed by atoms with Crippen molar-refractivity contribution in [2.75, 3.05) is 5.73 Å². The average molecular weight is 256 g/mol. The van der Waals surface area contributed by atoms with E-state index in [1.54, 1.807) is 18.2 Å². The monoisotopic (exact) mass is 256 g/mol. The average Bonchev–Trinajstić information content (AvgIpc) is 2.77. The molecule has 2 rings (SSSR count). The lowest BCUT2D eigenvalue weighted by Gasteiger charge is -2.09. The molecule has 0 unspecified atom stereocenters. The van der Waals surface area contributed by atoms with Crippen LogP contribution in [0.2, 0.25) is 0 Å². The summed E-state index contributed by atoms with van der Waals surface area (Å²) in [6, 6.07) is 9.10. The van der Waals surface area contributed by atoms with Crippen molar-refractivity contribution in [2.24, 2.45) is 0 Å². The number of benzene rings is 1. The molecule has 0 spiro atoms. The van der Waals surface area contributed by atoms with Gasteiger partial charge in [0.05, 0.1) is 17.0 Å². The van der Waals surface area contributed by atoms with Gasteiger partial charge in [0.2, 0.25) is 0 Å². The van der Waals surface area contributed by atoms with Gasteiger partial charge in [-0.3, -0.25) is 4.68 Å². The number of ether oxygens (including phenoxy) is 1. The van der Waals surface area contributed by atoms with E-state index in [4.69, 9.17) is 15.7 Å². The molecule has 0 aliphatic carbocycles. The molecule has 0 saturated carbocycles. The fourth-order valence-corrected chi connectivity index (χ4v) is 1.90. The first-order valence-corrected chi connectivity index (χ1v) is 6.09. The van der Waals surface area contributed by atoms with Crippen LogP contribution in [0.5, 0.6) is 5.75 Å². The van der Waals surface area contributed by atoms with Crippen molar-refractivity contribution in [1.82, 2.24) is 9.78 Å². The SMILES string of the molecule is CCn1nc(C)cc1COc1ccc(N)cc1C#N. The van der Waals surface area contributed by atoms with Crippen molar-refractivity contribution in [3.8, 4) is 11.8 Å². The molecular weight excluding hydrogens is 240 g/mol. The lowest BCUT2D eigenvalue weighted by Crippen LogP contribution is -2.06. The van der Waals surface area contributed by atoms with Crippen molar-refractivity contribution in [3.05, 3.63) is 41.2 Å². The Morgan fingerprint density at radius 3 is 2.89 bits per heavy atom. The highest BCUT2D eigenvalue weighted by Crippen LogP contribution is 2.21. The number of anilines is 1. The van der Waals surface area contributed by atoms with Crippen LogP contribution in [-0.2, 0) is 13.2 Å². The van der Waals surface area contributed by atoms with Crippen molar-refractivity contribution in [2.45, 2.75) is 27.0 Å². The van der Waals surface area contributed by atoms with Gasteiger partial charge >= 0.3 is 0 Å². The van der Waals surface area contributed by atoms with Crippen LogP contribution in [0.3, 0.4) is 0 Å². The Balaban J connectivity index is 2.17. The van der Waals surface area contributed by atoms with Crippen molar-refractivity contribution in [1.29, 1.82) is 5.26 Å². The minimum atomic E-state index is 0.382. The smallest absolute Gasteiger partial charge is 0.137 e. The van der Waals surface area contributed by atoms with Crippen LogP contribution in [-0.4, -0.2) is 9.78 Å². The van der Waals surface area contributed by atoms with Gasteiger partial charge in [-0.15, -0.1) is 0 Å². The van der Waals surface area contributed by atoms with Crippen LogP contribution >= 0.6 is 0 Å². The van der Waals surface area contributed by atoms with Gasteiger partial charge in [-0.25, -0.2) is 0 Å². The zero-order valence-corrected chi connectivity index (χ0v) is 11.1. The molecule has 1 aromatic carbocycles. The van der Waals surface area contributed by atoms with E-state index in [-0.39, 0.29) is 0 Å². The summed E-state index contributed by atoms with van der Waals surface area (Å²) in [7, 11) is 0. The summed E-state index contributed by atoms with van der Waals surface area (Å²) in [5.74, 6) is 0.540. The van der Waals surface area contributed by atoms with Gasteiger partial charge < -0.3 is 10.5 Å². The summed E-state index contributed by atoms with van der Waals surface area (Å²) >= 11 is 0. The van der Waals surface area contributed by atoms with E-state index in [0.717, 1.165) is 17.9 Å². The number of nitriles is 1. The number of aromatic nitrogens is 2. The molecule has 0 saturated heterocycles. The normalized spacial score (nSPS) is 10.2. The van der Waals surface area contributed by atoms with Crippen LogP contribution in [0.4, 0.5) is 5.69 Å². The number of nitrogen functional groups attached to an aromatic ring is 1. The van der Waals surface area contributed by atoms with Gasteiger partial charge in [-0.05, 0) is 38.1 Å². The fourth-order valence-electron chi connectivity index (χ4n) is 1.90. The van der Waals surface area contributed by atoms with Gasteiger partial charge in [0.15, 0.2) is 0 Å². The number of hydrogen-bond acceptors (Lipinski definition) is 4. The van der Waals surface area contributed by atoms with Gasteiger partial charge in [-0.1, -0.05) is 0 Å². The quantitative estimate of drug-likeness (QED) is 0.851. The molecule has 0 amide bonds. The van der Waals surface area contributed by atoms with Crippen molar-refractivity contribution >= 4 is 5.69 Å². The second-order valence-corrected chi connectivity index (χ2v) is 4.25. The number of hydrogen-bond donors (Lipinski definition) is 1. The Morgan fingerprint density at radius 2 is 2.21 bits per heavy atom. The van der Waals surface area contributed by atoms with Crippen LogP contribution < -0.4 is 10.5 Å². The number of nitrogens with zero attached hydrogens (tertiary/aromatic N) is 3. The molecule has 0 aliphatic rings. The second-order valence-electron chi connectivity index (χ2n) is 4.25. The maximum Gasteiger partial charge on any atom is 0.137 e. The maximum atomic E-state index is 9.04. The van der Waals surface area contributed by atoms with Gasteiger partial charge in [0, 0.05) is 12.2 Å². The predicted octanol–water partition coefficient (Wildman–Crippen LogP) is 2.24. The molecule has 19 heavy (non-hydrogen) atoms. The molecule has 1 heterocycles. The Hall–Kier alpha value is -2.48. The summed E-state index contributed by atoms with van der Waals surface area (Å²) in [5, 5.41) is 13.4. The third kappa shape index (κ3) is 2.86. The first-order valence-electron chi connectivity index (χ1n) is 6.09. The molecule has 2 aromatic rings. The third-order valence-electron chi connectivity index (χ3n) is 2.78. The molecule has 0 aliphatic heterocycles. The van der Waals surface area contributed by atoms with Crippen LogP contribution in [0.15, 0.2) is 24.3 Å². The molecule has 5 nitrogen and oxygen atoms in total. The Kier molecular flexibility index (Phi) is 3.71. The van der Waals surface area contributed by atoms with E-state index in [0.29, 0.717) is 23.6 Å². The zero-order chi connectivity index (χ0) is 13.8. The number of aryl methyl sites for hydroxylation is 2. The topological polar surface area (TPSA) is 76.9 Å². The summed E-state index contributed by atoms with van der Waals surface area (Å²) in [5.41, 5.74) is 8.58. The molecule has 1 aromatic heterocycles. The van der Waals surface area contributed by atoms with Gasteiger partial charge in [0.1, 0.15) is 18.4 Å². The van der Waals surface area contributed by atoms with E-state index < -0.39 is 0 Å². The molecule has 0 atom stereocenters. The minimum absolute atomic E-state index is 0.382. The van der Waals surface area contributed by atoms with Crippen LogP contribution in [0.1, 0.15) is 23.9 Å². The molecule has 0 fully saturated rings. The van der Waals surface area contributed by atoms with E-state index in [2.05, 4.69) is 11.2 Å². The van der Waals surface area contributed by atoms with Crippen LogP contribution in [0.25, 0.3) is 0 Å². The van der Waals surface area contributed by atoms with Crippen molar-refractivity contribution in [3.63, 3.8) is 0 Å². The lowest BCUT2D eigenvalue weighted by molar-refractivity contribution is 0.291. The minimum Gasteiger partial charge on any atom is -0.486 e. The highest BCUT2D eigenvalue weighted by molar-refractivity contribution is 5.53. The summed E-state index contributed by atoms with van der Waals surface area (Å²) < 4.78 is 7.57. The standard InChI is InChI=1S/C14H16N4O/c1-3-18-13(6-10(2)17-18)9-19-14-5-4-12(16)7-11(14)8-15/h4-7H,3,9,16H2,1-2H3. The Labute approximate surface area is 112 Å². The first-order chi connectivity index (χ1) is 9.13. The molecule has 0 bridgehead atoms. The van der Waals surface area contributed by atoms with E-state index >= 15 is 0 Å². The predicted molar refractivity (Wildman–Crippen MR) is 72.5 cm³/mol. The van der Waals surface area contributed by atoms with E-state index in [1.165, 1.54) is 0 Å². The number of nitrogens with two attached hydrogens (primary N) is 1. The highest BCUT2D eigenvalue weighted by Gasteiger charge is 2.08. The Bertz CT molecular complexity index is 625. The van der Waals surface area contributed by atoms with Gasteiger partial charge in [0.25, 0.3) is 0 Å². The molecule has 0 radical (unpaired) electrons. The molecular formula is C14H16N4O. The number of rotatable bonds is 4. The Morgan fingerprint density at radius 1 is 1.42 bits per heavy atom. The summed E-state index contributed by atoms with van der Waals surface area (Å²) in [6.07, 6.45) is 0. The van der Waals surface area contributed by atoms with Gasteiger partial charge in [-0.2, -0.15) is 10.4 Å². The lowest BCUT2D eigenvalue weighted by atomic mass is 10.2. The maximum absolute atomic E-state index is 9.04. The highest BCUT2D eigenvalue weighted by atomic mass is 16.5. The summed E-state index contributed by atoms with van der Waals surface area (Å²) in [4.78, 5) is 0. The largest absolute Gasteiger partial charge is 0.486 e.